The van der Waals surface area contributed by atoms with E-state index in [-0.39, 0.29) is 11.7 Å². The van der Waals surface area contributed by atoms with Gasteiger partial charge >= 0.3 is 5.97 Å². The molecule has 1 N–H and O–H groups in total. The van der Waals surface area contributed by atoms with Crippen molar-refractivity contribution >= 4 is 11.8 Å². The summed E-state index contributed by atoms with van der Waals surface area (Å²) in [5.74, 6) is -0.916. The Labute approximate surface area is 117 Å². The number of benzene rings is 1. The fourth-order valence-corrected chi connectivity index (χ4v) is 2.36. The highest BCUT2D eigenvalue weighted by Crippen LogP contribution is 2.33. The minimum atomic E-state index is -0.960. The van der Waals surface area contributed by atoms with E-state index >= 15 is 0 Å². The first-order chi connectivity index (χ1) is 9.49. The molecule has 0 spiro atoms. The maximum Gasteiger partial charge on any atom is 0.328 e. The number of aliphatic carboxylic acids is 1. The Morgan fingerprint density at radius 1 is 1.30 bits per heavy atom. The fourth-order valence-electron chi connectivity index (χ4n) is 2.36. The SMILES string of the molecule is CC1=CC(=O)c2ccccc2[C@@H]1/C=C/C(C)=C\C(=O)O. The van der Waals surface area contributed by atoms with Gasteiger partial charge in [-0.15, -0.1) is 0 Å². The first-order valence-electron chi connectivity index (χ1n) is 6.40. The molecule has 0 fully saturated rings. The molecule has 0 saturated heterocycles. The maximum atomic E-state index is 11.9. The average Bonchev–Trinajstić information content (AvgIpc) is 2.37. The predicted octanol–water partition coefficient (Wildman–Crippen LogP) is 3.50. The largest absolute Gasteiger partial charge is 0.478 e. The van der Waals surface area contributed by atoms with Crippen LogP contribution < -0.4 is 0 Å². The number of rotatable bonds is 3. The van der Waals surface area contributed by atoms with Crippen molar-refractivity contribution in [1.29, 1.82) is 0 Å². The van der Waals surface area contributed by atoms with Crippen LogP contribution >= 0.6 is 0 Å². The van der Waals surface area contributed by atoms with Crippen molar-refractivity contribution in [2.75, 3.05) is 0 Å². The van der Waals surface area contributed by atoms with Crippen LogP contribution in [0.3, 0.4) is 0 Å². The Kier molecular flexibility index (Phi) is 3.99. The van der Waals surface area contributed by atoms with Gasteiger partial charge in [0, 0.05) is 17.6 Å². The van der Waals surface area contributed by atoms with Crippen LogP contribution in [0.1, 0.15) is 35.7 Å². The highest BCUT2D eigenvalue weighted by Gasteiger charge is 2.22. The van der Waals surface area contributed by atoms with Gasteiger partial charge in [-0.3, -0.25) is 4.79 Å². The number of hydrogen-bond acceptors (Lipinski definition) is 2. The van der Waals surface area contributed by atoms with Crippen LogP contribution in [0.15, 0.2) is 59.7 Å². The average molecular weight is 268 g/mol. The molecule has 1 aliphatic rings. The van der Waals surface area contributed by atoms with Crippen LogP contribution in [0.2, 0.25) is 0 Å². The van der Waals surface area contributed by atoms with Crippen LogP contribution in [0.4, 0.5) is 0 Å². The Morgan fingerprint density at radius 3 is 2.70 bits per heavy atom. The second-order valence-corrected chi connectivity index (χ2v) is 4.90. The number of carbonyl (C=O) groups excluding carboxylic acids is 1. The minimum absolute atomic E-state index is 0.0149. The molecule has 1 aromatic rings. The molecule has 1 aliphatic carbocycles. The van der Waals surface area contributed by atoms with Crippen LogP contribution in [-0.2, 0) is 4.79 Å². The summed E-state index contributed by atoms with van der Waals surface area (Å²) >= 11 is 0. The van der Waals surface area contributed by atoms with Gasteiger partial charge in [-0.2, -0.15) is 0 Å². The van der Waals surface area contributed by atoms with Crippen molar-refractivity contribution in [3.05, 3.63) is 70.8 Å². The van der Waals surface area contributed by atoms with Crippen molar-refractivity contribution in [3.63, 3.8) is 0 Å². The number of allylic oxidation sites excluding steroid dienone is 5. The van der Waals surface area contributed by atoms with Crippen molar-refractivity contribution in [3.8, 4) is 0 Å². The van der Waals surface area contributed by atoms with Crippen molar-refractivity contribution in [2.24, 2.45) is 0 Å². The Bertz CT molecular complexity index is 648. The number of carboxylic acids is 1. The van der Waals surface area contributed by atoms with E-state index in [2.05, 4.69) is 0 Å². The summed E-state index contributed by atoms with van der Waals surface area (Å²) in [6.45, 7) is 3.66. The topological polar surface area (TPSA) is 54.4 Å². The normalized spacial score (nSPS) is 18.9. The molecule has 1 aromatic carbocycles. The van der Waals surface area contributed by atoms with Gasteiger partial charge in [-0.05, 0) is 31.1 Å². The lowest BCUT2D eigenvalue weighted by atomic mass is 9.81. The molecule has 0 amide bonds. The molecular formula is C17H16O3. The summed E-state index contributed by atoms with van der Waals surface area (Å²) in [4.78, 5) is 22.5. The van der Waals surface area contributed by atoms with Gasteiger partial charge in [0.05, 0.1) is 0 Å². The summed E-state index contributed by atoms with van der Waals surface area (Å²) in [5.41, 5.74) is 3.32. The van der Waals surface area contributed by atoms with Gasteiger partial charge in [0.1, 0.15) is 0 Å². The summed E-state index contributed by atoms with van der Waals surface area (Å²) < 4.78 is 0. The van der Waals surface area contributed by atoms with Crippen molar-refractivity contribution < 1.29 is 14.7 Å². The van der Waals surface area contributed by atoms with Crippen molar-refractivity contribution in [2.45, 2.75) is 19.8 Å². The number of fused-ring (bicyclic) bond motifs is 1. The first-order valence-corrected chi connectivity index (χ1v) is 6.40. The Balaban J connectivity index is 2.36. The predicted molar refractivity (Wildman–Crippen MR) is 77.8 cm³/mol. The summed E-state index contributed by atoms with van der Waals surface area (Å²) in [6, 6.07) is 7.52. The van der Waals surface area contributed by atoms with E-state index in [1.165, 1.54) is 0 Å². The number of ketones is 1. The van der Waals surface area contributed by atoms with Gasteiger partial charge in [0.15, 0.2) is 5.78 Å². The third-order valence-corrected chi connectivity index (χ3v) is 3.31. The maximum absolute atomic E-state index is 11.9. The lowest BCUT2D eigenvalue weighted by Crippen LogP contribution is -2.12. The Morgan fingerprint density at radius 2 is 2.00 bits per heavy atom. The lowest BCUT2D eigenvalue weighted by Gasteiger charge is -2.21. The Hall–Kier alpha value is -2.42. The molecule has 0 aliphatic heterocycles. The molecule has 20 heavy (non-hydrogen) atoms. The highest BCUT2D eigenvalue weighted by atomic mass is 16.4. The second-order valence-electron chi connectivity index (χ2n) is 4.90. The fraction of sp³-hybridized carbons (Fsp3) is 0.176. The van der Waals surface area contributed by atoms with Gasteiger partial charge in [-0.1, -0.05) is 42.0 Å². The van der Waals surface area contributed by atoms with Gasteiger partial charge in [0.25, 0.3) is 0 Å². The number of carboxylic acid groups (broad SMARTS) is 1. The second kappa shape index (κ2) is 5.70. The van der Waals surface area contributed by atoms with Gasteiger partial charge in [0.2, 0.25) is 0 Å². The van der Waals surface area contributed by atoms with E-state index in [0.29, 0.717) is 11.1 Å². The van der Waals surface area contributed by atoms with Gasteiger partial charge in [-0.25, -0.2) is 4.79 Å². The van der Waals surface area contributed by atoms with E-state index in [9.17, 15) is 9.59 Å². The molecule has 0 saturated carbocycles. The highest BCUT2D eigenvalue weighted by molar-refractivity contribution is 6.07. The molecule has 3 nitrogen and oxygen atoms in total. The molecule has 3 heteroatoms. The lowest BCUT2D eigenvalue weighted by molar-refractivity contribution is -0.131. The standard InChI is InChI=1S/C17H16O3/c1-11(9-17(19)20)7-8-13-12(2)10-16(18)15-6-4-3-5-14(13)15/h3-10,13H,1-2H3,(H,19,20)/b8-7+,11-9-/t13-/m1/s1. The third-order valence-electron chi connectivity index (χ3n) is 3.31. The van der Waals surface area contributed by atoms with Crippen LogP contribution in [0.25, 0.3) is 0 Å². The van der Waals surface area contributed by atoms with Gasteiger partial charge < -0.3 is 5.11 Å². The summed E-state index contributed by atoms with van der Waals surface area (Å²) in [7, 11) is 0. The molecule has 2 rings (SSSR count). The molecule has 0 bridgehead atoms. The van der Waals surface area contributed by atoms with Crippen LogP contribution in [-0.4, -0.2) is 16.9 Å². The first kappa shape index (κ1) is 14.0. The monoisotopic (exact) mass is 268 g/mol. The number of hydrogen-bond donors (Lipinski definition) is 1. The minimum Gasteiger partial charge on any atom is -0.478 e. The van der Waals surface area contributed by atoms with Crippen LogP contribution in [0, 0.1) is 0 Å². The van der Waals surface area contributed by atoms with E-state index < -0.39 is 5.97 Å². The quantitative estimate of drug-likeness (QED) is 0.674. The van der Waals surface area contributed by atoms with E-state index in [1.807, 2.05) is 37.3 Å². The molecular weight excluding hydrogens is 252 g/mol. The number of carbonyl (C=O) groups is 2. The molecule has 0 heterocycles. The van der Waals surface area contributed by atoms with Crippen molar-refractivity contribution in [1.82, 2.24) is 0 Å². The smallest absolute Gasteiger partial charge is 0.328 e. The molecule has 0 radical (unpaired) electrons. The third kappa shape index (κ3) is 2.94. The molecule has 1 atom stereocenters. The van der Waals surface area contributed by atoms with E-state index in [1.54, 1.807) is 19.1 Å². The zero-order chi connectivity index (χ0) is 14.7. The zero-order valence-electron chi connectivity index (χ0n) is 11.5. The zero-order valence-corrected chi connectivity index (χ0v) is 11.5. The summed E-state index contributed by atoms with van der Waals surface area (Å²) in [6.07, 6.45) is 6.53. The van der Waals surface area contributed by atoms with E-state index in [4.69, 9.17) is 5.11 Å². The molecule has 0 aromatic heterocycles. The van der Waals surface area contributed by atoms with E-state index in [0.717, 1.165) is 17.2 Å². The molecule has 102 valence electrons. The summed E-state index contributed by atoms with van der Waals surface area (Å²) in [5, 5.41) is 8.70. The molecule has 0 unspecified atom stereocenters. The van der Waals surface area contributed by atoms with Crippen LogP contribution in [0.5, 0.6) is 0 Å².